The molecule has 4 aromatic rings. The fourth-order valence-electron chi connectivity index (χ4n) is 2.67. The Balaban J connectivity index is 1.77. The smallest absolute Gasteiger partial charge is 0.192 e. The second kappa shape index (κ2) is 6.71. The molecule has 2 aromatic carbocycles. The molecule has 2 aromatic heterocycles. The number of nitrogens with zero attached hydrogens (tertiary/aromatic N) is 4. The van der Waals surface area contributed by atoms with E-state index in [9.17, 15) is 0 Å². The van der Waals surface area contributed by atoms with E-state index in [0.29, 0.717) is 12.1 Å². The molecule has 120 valence electrons. The maximum Gasteiger partial charge on any atom is 0.192 e. The Hall–Kier alpha value is -3.23. The number of fused-ring (bicyclic) bond motifs is 1. The Kier molecular flexibility index (Phi) is 4.11. The molecular weight excluding hydrogens is 328 g/mol. The number of hydrogen-bond donors (Lipinski definition) is 0. The summed E-state index contributed by atoms with van der Waals surface area (Å²) in [5.41, 5.74) is 3.68. The van der Waals surface area contributed by atoms with Crippen molar-refractivity contribution in [2.45, 2.75) is 6.54 Å². The van der Waals surface area contributed by atoms with Crippen LogP contribution in [0.5, 0.6) is 0 Å². The molecule has 25 heavy (non-hydrogen) atoms. The Morgan fingerprint density at radius 3 is 2.68 bits per heavy atom. The SMILES string of the molecule is N#Cc1cccc(CN(c2ccccc2)c2nc3cccnc3s2)c1. The number of rotatable bonds is 4. The molecule has 0 unspecified atom stereocenters. The van der Waals surface area contributed by atoms with Crippen molar-refractivity contribution < 1.29 is 0 Å². The molecule has 4 rings (SSSR count). The summed E-state index contributed by atoms with van der Waals surface area (Å²) in [4.78, 5) is 12.2. The van der Waals surface area contributed by atoms with E-state index >= 15 is 0 Å². The number of hydrogen-bond acceptors (Lipinski definition) is 5. The fraction of sp³-hybridized carbons (Fsp3) is 0.0500. The zero-order valence-electron chi connectivity index (χ0n) is 13.3. The van der Waals surface area contributed by atoms with Crippen LogP contribution in [0.25, 0.3) is 10.3 Å². The minimum Gasteiger partial charge on any atom is -0.313 e. The molecule has 2 heterocycles. The van der Waals surface area contributed by atoms with Crippen LogP contribution in [0.1, 0.15) is 11.1 Å². The summed E-state index contributed by atoms with van der Waals surface area (Å²) < 4.78 is 0. The van der Waals surface area contributed by atoms with Crippen molar-refractivity contribution in [1.82, 2.24) is 9.97 Å². The molecule has 0 saturated carbocycles. The van der Waals surface area contributed by atoms with E-state index in [1.807, 2.05) is 54.6 Å². The van der Waals surface area contributed by atoms with E-state index < -0.39 is 0 Å². The molecule has 0 fully saturated rings. The van der Waals surface area contributed by atoms with Crippen LogP contribution in [0.4, 0.5) is 10.8 Å². The van der Waals surface area contributed by atoms with Crippen LogP contribution in [0, 0.1) is 11.3 Å². The standard InChI is InChI=1S/C20H14N4S/c21-13-15-6-4-7-16(12-15)14-24(17-8-2-1-3-9-17)20-23-18-10-5-11-22-19(18)25-20/h1-12H,14H2. The number of para-hydroxylation sites is 1. The van der Waals surface area contributed by atoms with Gasteiger partial charge in [0.25, 0.3) is 0 Å². The van der Waals surface area contributed by atoms with Crippen molar-refractivity contribution in [2.75, 3.05) is 4.90 Å². The highest BCUT2D eigenvalue weighted by atomic mass is 32.1. The number of pyridine rings is 1. The molecule has 0 aliphatic rings. The number of anilines is 2. The first-order chi connectivity index (χ1) is 12.3. The normalized spacial score (nSPS) is 10.5. The van der Waals surface area contributed by atoms with Gasteiger partial charge in [-0.15, -0.1) is 0 Å². The van der Waals surface area contributed by atoms with Crippen LogP contribution >= 0.6 is 11.3 Å². The van der Waals surface area contributed by atoms with E-state index in [2.05, 4.69) is 28.1 Å². The number of benzene rings is 2. The van der Waals surface area contributed by atoms with Crippen LogP contribution < -0.4 is 4.90 Å². The fourth-order valence-corrected chi connectivity index (χ4v) is 3.60. The lowest BCUT2D eigenvalue weighted by Gasteiger charge is -2.22. The van der Waals surface area contributed by atoms with Crippen LogP contribution in [0.3, 0.4) is 0 Å². The summed E-state index contributed by atoms with van der Waals surface area (Å²) in [6, 6.07) is 23.9. The largest absolute Gasteiger partial charge is 0.313 e. The predicted molar refractivity (Wildman–Crippen MR) is 101 cm³/mol. The monoisotopic (exact) mass is 342 g/mol. The molecule has 0 amide bonds. The zero-order valence-corrected chi connectivity index (χ0v) is 14.1. The van der Waals surface area contributed by atoms with Gasteiger partial charge in [0.05, 0.1) is 18.2 Å². The first-order valence-electron chi connectivity index (χ1n) is 7.87. The van der Waals surface area contributed by atoms with Crippen molar-refractivity contribution >= 4 is 32.5 Å². The lowest BCUT2D eigenvalue weighted by Crippen LogP contribution is -2.16. The Bertz CT molecular complexity index is 1020. The van der Waals surface area contributed by atoms with E-state index in [1.165, 1.54) is 0 Å². The maximum atomic E-state index is 9.14. The molecule has 0 radical (unpaired) electrons. The van der Waals surface area contributed by atoms with E-state index in [1.54, 1.807) is 17.5 Å². The van der Waals surface area contributed by atoms with Crippen molar-refractivity contribution in [3.8, 4) is 6.07 Å². The second-order valence-corrected chi connectivity index (χ2v) is 6.51. The molecular formula is C20H14N4S. The summed E-state index contributed by atoms with van der Waals surface area (Å²) in [5, 5.41) is 10.0. The predicted octanol–water partition coefficient (Wildman–Crippen LogP) is 4.90. The minimum absolute atomic E-state index is 0.638. The molecule has 0 saturated heterocycles. The molecule has 0 N–H and O–H groups in total. The van der Waals surface area contributed by atoms with E-state index in [4.69, 9.17) is 10.2 Å². The van der Waals surface area contributed by atoms with Crippen LogP contribution in [-0.4, -0.2) is 9.97 Å². The number of aromatic nitrogens is 2. The Morgan fingerprint density at radius 2 is 1.88 bits per heavy atom. The topological polar surface area (TPSA) is 52.8 Å². The van der Waals surface area contributed by atoms with Crippen LogP contribution in [-0.2, 0) is 6.54 Å². The third-order valence-electron chi connectivity index (χ3n) is 3.85. The van der Waals surface area contributed by atoms with Gasteiger partial charge in [0.2, 0.25) is 0 Å². The summed E-state index contributed by atoms with van der Waals surface area (Å²) >= 11 is 1.57. The third-order valence-corrected chi connectivity index (χ3v) is 4.85. The lowest BCUT2D eigenvalue weighted by molar-refractivity contribution is 0.968. The van der Waals surface area contributed by atoms with Gasteiger partial charge in [-0.2, -0.15) is 5.26 Å². The van der Waals surface area contributed by atoms with Gasteiger partial charge in [0, 0.05) is 11.9 Å². The van der Waals surface area contributed by atoms with E-state index in [0.717, 1.165) is 26.7 Å². The minimum atomic E-state index is 0.638. The quantitative estimate of drug-likeness (QED) is 0.529. The highest BCUT2D eigenvalue weighted by Gasteiger charge is 2.15. The molecule has 0 atom stereocenters. The summed E-state index contributed by atoms with van der Waals surface area (Å²) in [6.45, 7) is 0.638. The van der Waals surface area contributed by atoms with Gasteiger partial charge in [-0.1, -0.05) is 41.7 Å². The summed E-state index contributed by atoms with van der Waals surface area (Å²) in [7, 11) is 0. The average molecular weight is 342 g/mol. The molecule has 4 nitrogen and oxygen atoms in total. The summed E-state index contributed by atoms with van der Waals surface area (Å²) in [5.74, 6) is 0. The highest BCUT2D eigenvalue weighted by Crippen LogP contribution is 2.33. The van der Waals surface area contributed by atoms with Gasteiger partial charge in [-0.25, -0.2) is 9.97 Å². The molecule has 0 aliphatic heterocycles. The molecule has 5 heteroatoms. The van der Waals surface area contributed by atoms with Crippen LogP contribution in [0.2, 0.25) is 0 Å². The van der Waals surface area contributed by atoms with Crippen LogP contribution in [0.15, 0.2) is 72.9 Å². The van der Waals surface area contributed by atoms with Crippen molar-refractivity contribution in [3.63, 3.8) is 0 Å². The number of thiazole rings is 1. The molecule has 0 bridgehead atoms. The van der Waals surface area contributed by atoms with Crippen molar-refractivity contribution in [1.29, 1.82) is 5.26 Å². The Labute approximate surface area is 149 Å². The number of nitriles is 1. The van der Waals surface area contributed by atoms with Gasteiger partial charge < -0.3 is 4.90 Å². The molecule has 0 spiro atoms. The highest BCUT2D eigenvalue weighted by molar-refractivity contribution is 7.21. The van der Waals surface area contributed by atoms with Gasteiger partial charge >= 0.3 is 0 Å². The second-order valence-electron chi connectivity index (χ2n) is 5.56. The lowest BCUT2D eigenvalue weighted by atomic mass is 10.1. The average Bonchev–Trinajstić information content (AvgIpc) is 3.11. The van der Waals surface area contributed by atoms with Gasteiger partial charge in [0.15, 0.2) is 5.13 Å². The van der Waals surface area contributed by atoms with Gasteiger partial charge in [-0.3, -0.25) is 0 Å². The van der Waals surface area contributed by atoms with Gasteiger partial charge in [-0.05, 0) is 42.0 Å². The van der Waals surface area contributed by atoms with Gasteiger partial charge in [0.1, 0.15) is 10.3 Å². The summed E-state index contributed by atoms with van der Waals surface area (Å²) in [6.07, 6.45) is 1.79. The van der Waals surface area contributed by atoms with Crippen molar-refractivity contribution in [3.05, 3.63) is 84.1 Å². The first-order valence-corrected chi connectivity index (χ1v) is 8.68. The maximum absolute atomic E-state index is 9.14. The zero-order chi connectivity index (χ0) is 17.1. The third kappa shape index (κ3) is 3.21. The van der Waals surface area contributed by atoms with Crippen molar-refractivity contribution in [2.24, 2.45) is 0 Å². The van der Waals surface area contributed by atoms with E-state index in [-0.39, 0.29) is 0 Å². The Morgan fingerprint density at radius 1 is 1.00 bits per heavy atom. The first kappa shape index (κ1) is 15.3. The molecule has 0 aliphatic carbocycles.